The van der Waals surface area contributed by atoms with Gasteiger partial charge in [-0.25, -0.2) is 0 Å². The van der Waals surface area contributed by atoms with Gasteiger partial charge in [-0.3, -0.25) is 9.69 Å². The van der Waals surface area contributed by atoms with E-state index in [2.05, 4.69) is 17.0 Å². The number of hydrogen-bond donors (Lipinski definition) is 1. The summed E-state index contributed by atoms with van der Waals surface area (Å²) in [6.45, 7) is 2.91. The van der Waals surface area contributed by atoms with Crippen molar-refractivity contribution in [2.24, 2.45) is 5.41 Å². The second-order valence-corrected chi connectivity index (χ2v) is 5.56. The fourth-order valence-electron chi connectivity index (χ4n) is 3.31. The number of benzene rings is 1. The van der Waals surface area contributed by atoms with Crippen LogP contribution in [0.15, 0.2) is 30.3 Å². The molecule has 1 aromatic carbocycles. The SMILES string of the molecule is O=C(O)C12CCOC1CCN(Cc1ccccc1)C2. The number of fused-ring (bicyclic) bond motifs is 1. The molecule has 4 heteroatoms. The fourth-order valence-corrected chi connectivity index (χ4v) is 3.31. The number of ether oxygens (including phenoxy) is 1. The largest absolute Gasteiger partial charge is 0.481 e. The number of carboxylic acids is 1. The van der Waals surface area contributed by atoms with Crippen molar-refractivity contribution in [3.05, 3.63) is 35.9 Å². The highest BCUT2D eigenvalue weighted by Crippen LogP contribution is 2.41. The van der Waals surface area contributed by atoms with E-state index in [9.17, 15) is 9.90 Å². The summed E-state index contributed by atoms with van der Waals surface area (Å²) in [4.78, 5) is 13.9. The molecule has 2 atom stereocenters. The van der Waals surface area contributed by atoms with Gasteiger partial charge in [0.1, 0.15) is 5.41 Å². The van der Waals surface area contributed by atoms with Crippen LogP contribution in [0.3, 0.4) is 0 Å². The lowest BCUT2D eigenvalue weighted by Gasteiger charge is -2.40. The van der Waals surface area contributed by atoms with Gasteiger partial charge in [0.25, 0.3) is 0 Å². The Morgan fingerprint density at radius 1 is 1.42 bits per heavy atom. The van der Waals surface area contributed by atoms with E-state index in [4.69, 9.17) is 4.74 Å². The van der Waals surface area contributed by atoms with Crippen molar-refractivity contribution < 1.29 is 14.6 Å². The van der Waals surface area contributed by atoms with Gasteiger partial charge >= 0.3 is 5.97 Å². The van der Waals surface area contributed by atoms with Crippen LogP contribution < -0.4 is 0 Å². The number of nitrogens with zero attached hydrogens (tertiary/aromatic N) is 1. The molecule has 2 aliphatic rings. The molecule has 2 heterocycles. The summed E-state index contributed by atoms with van der Waals surface area (Å²) in [6, 6.07) is 10.2. The van der Waals surface area contributed by atoms with Crippen molar-refractivity contribution in [2.75, 3.05) is 19.7 Å². The molecular formula is C15H19NO3. The van der Waals surface area contributed by atoms with E-state index >= 15 is 0 Å². The van der Waals surface area contributed by atoms with E-state index in [1.807, 2.05) is 18.2 Å². The second-order valence-electron chi connectivity index (χ2n) is 5.56. The predicted octanol–water partition coefficient (Wildman–Crippen LogP) is 1.75. The van der Waals surface area contributed by atoms with E-state index in [0.29, 0.717) is 19.6 Å². The smallest absolute Gasteiger partial charge is 0.313 e. The van der Waals surface area contributed by atoms with Gasteiger partial charge < -0.3 is 9.84 Å². The summed E-state index contributed by atoms with van der Waals surface area (Å²) < 4.78 is 5.61. The maximum Gasteiger partial charge on any atom is 0.313 e. The standard InChI is InChI=1S/C15H19NO3/c17-14(18)15-7-9-19-13(15)6-8-16(11-15)10-12-4-2-1-3-5-12/h1-5,13H,6-11H2,(H,17,18). The molecular weight excluding hydrogens is 242 g/mol. The second kappa shape index (κ2) is 4.94. The molecule has 0 bridgehead atoms. The summed E-state index contributed by atoms with van der Waals surface area (Å²) in [6.07, 6.45) is 1.36. The van der Waals surface area contributed by atoms with E-state index < -0.39 is 11.4 Å². The number of piperidine rings is 1. The molecule has 0 saturated carbocycles. The van der Waals surface area contributed by atoms with Gasteiger partial charge in [0.2, 0.25) is 0 Å². The molecule has 0 aromatic heterocycles. The zero-order valence-electron chi connectivity index (χ0n) is 10.9. The molecule has 0 amide bonds. The minimum atomic E-state index is -0.701. The minimum Gasteiger partial charge on any atom is -0.481 e. The minimum absolute atomic E-state index is 0.1000. The van der Waals surface area contributed by atoms with Gasteiger partial charge in [-0.2, -0.15) is 0 Å². The van der Waals surface area contributed by atoms with Crippen LogP contribution in [0.5, 0.6) is 0 Å². The zero-order valence-corrected chi connectivity index (χ0v) is 10.9. The van der Waals surface area contributed by atoms with Crippen LogP contribution in [0.25, 0.3) is 0 Å². The Labute approximate surface area is 113 Å². The molecule has 2 fully saturated rings. The number of aliphatic carboxylic acids is 1. The molecule has 0 radical (unpaired) electrons. The molecule has 3 rings (SSSR count). The molecule has 1 N–H and O–H groups in total. The summed E-state index contributed by atoms with van der Waals surface area (Å²) >= 11 is 0. The van der Waals surface area contributed by atoms with Crippen molar-refractivity contribution >= 4 is 5.97 Å². The molecule has 0 aliphatic carbocycles. The van der Waals surface area contributed by atoms with Crippen LogP contribution in [0.1, 0.15) is 18.4 Å². The molecule has 2 unspecified atom stereocenters. The van der Waals surface area contributed by atoms with Crippen molar-refractivity contribution in [1.82, 2.24) is 4.90 Å². The third-order valence-corrected chi connectivity index (χ3v) is 4.37. The fraction of sp³-hybridized carbons (Fsp3) is 0.533. The first-order chi connectivity index (χ1) is 9.21. The van der Waals surface area contributed by atoms with Crippen LogP contribution in [0.4, 0.5) is 0 Å². The number of rotatable bonds is 3. The van der Waals surface area contributed by atoms with Gasteiger partial charge in [-0.05, 0) is 18.4 Å². The quantitative estimate of drug-likeness (QED) is 0.900. The monoisotopic (exact) mass is 261 g/mol. The molecule has 2 aliphatic heterocycles. The molecule has 4 nitrogen and oxygen atoms in total. The van der Waals surface area contributed by atoms with Crippen molar-refractivity contribution in [1.29, 1.82) is 0 Å². The first kappa shape index (κ1) is 12.6. The molecule has 0 spiro atoms. The maximum atomic E-state index is 11.6. The van der Waals surface area contributed by atoms with Gasteiger partial charge in [0.05, 0.1) is 6.10 Å². The summed E-state index contributed by atoms with van der Waals surface area (Å²) in [5, 5.41) is 9.58. The van der Waals surface area contributed by atoms with E-state index in [1.54, 1.807) is 0 Å². The number of carbonyl (C=O) groups is 1. The highest BCUT2D eigenvalue weighted by molar-refractivity contribution is 5.76. The van der Waals surface area contributed by atoms with Crippen molar-refractivity contribution in [3.63, 3.8) is 0 Å². The summed E-state index contributed by atoms with van der Waals surface area (Å²) in [5.74, 6) is -0.701. The first-order valence-corrected chi connectivity index (χ1v) is 6.82. The maximum absolute atomic E-state index is 11.6. The normalized spacial score (nSPS) is 31.1. The van der Waals surface area contributed by atoms with Crippen molar-refractivity contribution in [3.8, 4) is 0 Å². The van der Waals surface area contributed by atoms with E-state index in [1.165, 1.54) is 5.56 Å². The zero-order chi connectivity index (χ0) is 13.3. The summed E-state index contributed by atoms with van der Waals surface area (Å²) in [7, 11) is 0. The lowest BCUT2D eigenvalue weighted by molar-refractivity contribution is -0.157. The van der Waals surface area contributed by atoms with Gasteiger partial charge in [-0.15, -0.1) is 0 Å². The van der Waals surface area contributed by atoms with Crippen LogP contribution in [0.2, 0.25) is 0 Å². The van der Waals surface area contributed by atoms with Crippen LogP contribution in [-0.2, 0) is 16.1 Å². The molecule has 2 saturated heterocycles. The Morgan fingerprint density at radius 2 is 2.21 bits per heavy atom. The Bertz CT molecular complexity index is 462. The van der Waals surface area contributed by atoms with Gasteiger partial charge in [0, 0.05) is 26.2 Å². The highest BCUT2D eigenvalue weighted by atomic mass is 16.5. The topological polar surface area (TPSA) is 49.8 Å². The number of carboxylic acid groups (broad SMARTS) is 1. The van der Waals surface area contributed by atoms with Crippen molar-refractivity contribution in [2.45, 2.75) is 25.5 Å². The summed E-state index contributed by atoms with van der Waals surface area (Å²) in [5.41, 5.74) is 0.549. The molecule has 19 heavy (non-hydrogen) atoms. The van der Waals surface area contributed by atoms with Crippen LogP contribution in [0, 0.1) is 5.41 Å². The third kappa shape index (κ3) is 2.26. The van der Waals surface area contributed by atoms with Gasteiger partial charge in [-0.1, -0.05) is 30.3 Å². The van der Waals surface area contributed by atoms with Crippen LogP contribution >= 0.6 is 0 Å². The highest BCUT2D eigenvalue weighted by Gasteiger charge is 2.53. The Balaban J connectivity index is 1.74. The van der Waals surface area contributed by atoms with Gasteiger partial charge in [0.15, 0.2) is 0 Å². The Morgan fingerprint density at radius 3 is 2.95 bits per heavy atom. The first-order valence-electron chi connectivity index (χ1n) is 6.82. The Kier molecular flexibility index (Phi) is 3.29. The average molecular weight is 261 g/mol. The molecule has 102 valence electrons. The predicted molar refractivity (Wildman–Crippen MR) is 70.8 cm³/mol. The third-order valence-electron chi connectivity index (χ3n) is 4.37. The van der Waals surface area contributed by atoms with E-state index in [-0.39, 0.29) is 6.10 Å². The van der Waals surface area contributed by atoms with Crippen LogP contribution in [-0.4, -0.2) is 41.8 Å². The number of likely N-dealkylation sites (tertiary alicyclic amines) is 1. The number of hydrogen-bond acceptors (Lipinski definition) is 3. The lowest BCUT2D eigenvalue weighted by Crippen LogP contribution is -2.53. The average Bonchev–Trinajstić information content (AvgIpc) is 2.84. The van der Waals surface area contributed by atoms with E-state index in [0.717, 1.165) is 19.5 Å². The lowest BCUT2D eigenvalue weighted by atomic mass is 9.76. The Hall–Kier alpha value is -1.39. The molecule has 1 aromatic rings.